The van der Waals surface area contributed by atoms with Gasteiger partial charge in [-0.3, -0.25) is 4.79 Å². The molecule has 0 radical (unpaired) electrons. The molecule has 0 aliphatic heterocycles. The normalized spacial score (nSPS) is 14.4. The molecular formula is C19H22N4O2. The van der Waals surface area contributed by atoms with Crippen molar-refractivity contribution in [2.75, 3.05) is 0 Å². The summed E-state index contributed by atoms with van der Waals surface area (Å²) in [6.45, 7) is 4.50. The minimum atomic E-state index is -0.0238. The van der Waals surface area contributed by atoms with Crippen LogP contribution in [0.25, 0.3) is 11.1 Å². The molecule has 0 spiro atoms. The third-order valence-electron chi connectivity index (χ3n) is 4.70. The Labute approximate surface area is 146 Å². The number of nitrogens with zero attached hydrogens (tertiary/aromatic N) is 4. The highest BCUT2D eigenvalue weighted by Crippen LogP contribution is 2.40. The Morgan fingerprint density at radius 3 is 2.84 bits per heavy atom. The number of imidazole rings is 1. The third-order valence-corrected chi connectivity index (χ3v) is 4.70. The van der Waals surface area contributed by atoms with Crippen LogP contribution >= 0.6 is 0 Å². The molecule has 0 saturated heterocycles. The van der Waals surface area contributed by atoms with Gasteiger partial charge in [0.2, 0.25) is 0 Å². The van der Waals surface area contributed by atoms with Gasteiger partial charge in [0.15, 0.2) is 11.5 Å². The number of oxazole rings is 1. The van der Waals surface area contributed by atoms with Crippen LogP contribution in [0.4, 0.5) is 0 Å². The molecule has 0 N–H and O–H groups in total. The molecule has 2 heterocycles. The molecular weight excluding hydrogens is 316 g/mol. The fourth-order valence-corrected chi connectivity index (χ4v) is 2.94. The van der Waals surface area contributed by atoms with Crippen molar-refractivity contribution in [2.45, 2.75) is 45.2 Å². The van der Waals surface area contributed by atoms with Gasteiger partial charge in [-0.05, 0) is 44.9 Å². The number of benzene rings is 1. The number of carbonyl (C=O) groups excluding carboxylic acids is 1. The van der Waals surface area contributed by atoms with Crippen LogP contribution in [0.1, 0.15) is 54.7 Å². The minimum Gasteiger partial charge on any atom is -0.440 e. The van der Waals surface area contributed by atoms with Gasteiger partial charge in [-0.2, -0.15) is 0 Å². The number of carbonyl (C=O) groups is 1. The van der Waals surface area contributed by atoms with E-state index in [4.69, 9.17) is 4.42 Å². The van der Waals surface area contributed by atoms with Crippen LogP contribution in [-0.2, 0) is 13.6 Å². The van der Waals surface area contributed by atoms with Crippen LogP contribution in [0.5, 0.6) is 0 Å². The number of aryl methyl sites for hydroxylation is 1. The number of hydrogen-bond acceptors (Lipinski definition) is 4. The van der Waals surface area contributed by atoms with Crippen molar-refractivity contribution in [3.05, 3.63) is 47.9 Å². The van der Waals surface area contributed by atoms with Gasteiger partial charge in [0, 0.05) is 37.0 Å². The maximum absolute atomic E-state index is 13.0. The Morgan fingerprint density at radius 1 is 1.40 bits per heavy atom. The smallest absolute Gasteiger partial charge is 0.254 e. The maximum atomic E-state index is 13.0. The van der Waals surface area contributed by atoms with E-state index in [1.165, 1.54) is 0 Å². The molecule has 0 atom stereocenters. The monoisotopic (exact) mass is 338 g/mol. The van der Waals surface area contributed by atoms with E-state index in [-0.39, 0.29) is 11.9 Å². The first kappa shape index (κ1) is 15.9. The number of fused-ring (bicyclic) bond motifs is 1. The molecule has 6 nitrogen and oxygen atoms in total. The summed E-state index contributed by atoms with van der Waals surface area (Å²) in [6, 6.07) is 5.58. The largest absolute Gasteiger partial charge is 0.440 e. The molecule has 1 amide bonds. The van der Waals surface area contributed by atoms with E-state index < -0.39 is 0 Å². The molecule has 1 aliphatic carbocycles. The Balaban J connectivity index is 1.62. The van der Waals surface area contributed by atoms with E-state index in [0.717, 1.165) is 30.1 Å². The lowest BCUT2D eigenvalue weighted by atomic mass is 10.1. The summed E-state index contributed by atoms with van der Waals surface area (Å²) >= 11 is 0. The van der Waals surface area contributed by atoms with Crippen molar-refractivity contribution < 1.29 is 9.21 Å². The highest BCUT2D eigenvalue weighted by atomic mass is 16.3. The van der Waals surface area contributed by atoms with Crippen LogP contribution in [0.15, 0.2) is 35.0 Å². The molecule has 130 valence electrons. The summed E-state index contributed by atoms with van der Waals surface area (Å²) in [5, 5.41) is 0. The van der Waals surface area contributed by atoms with E-state index in [1.807, 2.05) is 54.8 Å². The Bertz CT molecular complexity index is 921. The number of rotatable bonds is 5. The first-order valence-electron chi connectivity index (χ1n) is 8.70. The fourth-order valence-electron chi connectivity index (χ4n) is 2.94. The van der Waals surface area contributed by atoms with E-state index in [1.54, 1.807) is 6.20 Å². The molecule has 4 rings (SSSR count). The Kier molecular flexibility index (Phi) is 3.82. The first-order chi connectivity index (χ1) is 12.0. The Morgan fingerprint density at radius 2 is 2.20 bits per heavy atom. The number of hydrogen-bond donors (Lipinski definition) is 0. The molecule has 3 aromatic rings. The summed E-state index contributed by atoms with van der Waals surface area (Å²) in [6.07, 6.45) is 5.92. The quantitative estimate of drug-likeness (QED) is 0.714. The van der Waals surface area contributed by atoms with E-state index in [2.05, 4.69) is 9.97 Å². The minimum absolute atomic E-state index is 0.0238. The molecule has 0 unspecified atom stereocenters. The summed E-state index contributed by atoms with van der Waals surface area (Å²) < 4.78 is 7.78. The van der Waals surface area contributed by atoms with Gasteiger partial charge >= 0.3 is 0 Å². The summed E-state index contributed by atoms with van der Waals surface area (Å²) in [5.41, 5.74) is 2.13. The summed E-state index contributed by atoms with van der Waals surface area (Å²) in [7, 11) is 1.94. The van der Waals surface area contributed by atoms with Crippen LogP contribution in [0.2, 0.25) is 0 Å². The second-order valence-electron chi connectivity index (χ2n) is 6.99. The van der Waals surface area contributed by atoms with Gasteiger partial charge in [-0.1, -0.05) is 0 Å². The molecule has 6 heteroatoms. The second kappa shape index (κ2) is 6.02. The van der Waals surface area contributed by atoms with Crippen molar-refractivity contribution in [2.24, 2.45) is 7.05 Å². The average Bonchev–Trinajstić information content (AvgIpc) is 3.23. The molecule has 2 aromatic heterocycles. The SMILES string of the molecule is CC(C)N(Cc1nccn1C)C(=O)c1ccc2nc(C3CC3)oc2c1. The van der Waals surface area contributed by atoms with Crippen LogP contribution in [-0.4, -0.2) is 31.4 Å². The van der Waals surface area contributed by atoms with Gasteiger partial charge in [0.05, 0.1) is 6.54 Å². The predicted octanol–water partition coefficient (Wildman–Crippen LogP) is 3.49. The van der Waals surface area contributed by atoms with Gasteiger partial charge in [0.25, 0.3) is 5.91 Å². The lowest BCUT2D eigenvalue weighted by molar-refractivity contribution is 0.0683. The fraction of sp³-hybridized carbons (Fsp3) is 0.421. The van der Waals surface area contributed by atoms with Crippen molar-refractivity contribution in [1.82, 2.24) is 19.4 Å². The molecule has 1 aromatic carbocycles. The van der Waals surface area contributed by atoms with E-state index >= 15 is 0 Å². The molecule has 0 bridgehead atoms. The van der Waals surface area contributed by atoms with Crippen molar-refractivity contribution in [3.8, 4) is 0 Å². The van der Waals surface area contributed by atoms with Crippen molar-refractivity contribution in [1.29, 1.82) is 0 Å². The van der Waals surface area contributed by atoms with Crippen molar-refractivity contribution in [3.63, 3.8) is 0 Å². The second-order valence-corrected chi connectivity index (χ2v) is 6.99. The summed E-state index contributed by atoms with van der Waals surface area (Å²) in [4.78, 5) is 23.7. The standard InChI is InChI=1S/C19H22N4O2/c1-12(2)23(11-17-20-8-9-22(17)3)19(24)14-6-7-15-16(10-14)25-18(21-15)13-4-5-13/h6-10,12-13H,4-5,11H2,1-3H3. The van der Waals surface area contributed by atoms with Crippen molar-refractivity contribution >= 4 is 17.0 Å². The van der Waals surface area contributed by atoms with Crippen LogP contribution in [0, 0.1) is 0 Å². The third kappa shape index (κ3) is 3.04. The summed E-state index contributed by atoms with van der Waals surface area (Å²) in [5.74, 6) is 2.10. The Hall–Kier alpha value is -2.63. The molecule has 1 fully saturated rings. The maximum Gasteiger partial charge on any atom is 0.254 e. The molecule has 25 heavy (non-hydrogen) atoms. The molecule has 1 aliphatic rings. The molecule has 1 saturated carbocycles. The zero-order valence-electron chi connectivity index (χ0n) is 14.8. The average molecular weight is 338 g/mol. The van der Waals surface area contributed by atoms with Crippen LogP contribution < -0.4 is 0 Å². The van der Waals surface area contributed by atoms with E-state index in [9.17, 15) is 4.79 Å². The zero-order valence-corrected chi connectivity index (χ0v) is 14.8. The first-order valence-corrected chi connectivity index (χ1v) is 8.70. The van der Waals surface area contributed by atoms with Gasteiger partial charge in [-0.25, -0.2) is 9.97 Å². The lowest BCUT2D eigenvalue weighted by Gasteiger charge is -2.26. The van der Waals surface area contributed by atoms with Crippen LogP contribution in [0.3, 0.4) is 0 Å². The van der Waals surface area contributed by atoms with Gasteiger partial charge < -0.3 is 13.9 Å². The van der Waals surface area contributed by atoms with E-state index in [0.29, 0.717) is 23.6 Å². The topological polar surface area (TPSA) is 64.2 Å². The van der Waals surface area contributed by atoms with Gasteiger partial charge in [-0.15, -0.1) is 0 Å². The number of aromatic nitrogens is 3. The number of amides is 1. The zero-order chi connectivity index (χ0) is 17.6. The highest BCUT2D eigenvalue weighted by molar-refractivity contribution is 5.97. The lowest BCUT2D eigenvalue weighted by Crippen LogP contribution is -2.37. The predicted molar refractivity (Wildman–Crippen MR) is 94.2 cm³/mol. The highest BCUT2D eigenvalue weighted by Gasteiger charge is 2.29. The van der Waals surface area contributed by atoms with Gasteiger partial charge in [0.1, 0.15) is 11.3 Å².